The van der Waals surface area contributed by atoms with Crippen LogP contribution >= 0.6 is 0 Å². The third kappa shape index (κ3) is 2.95. The minimum absolute atomic E-state index is 0.0250. The molecule has 0 aliphatic rings. The van der Waals surface area contributed by atoms with Crippen LogP contribution in [0.2, 0.25) is 0 Å². The highest BCUT2D eigenvalue weighted by Crippen LogP contribution is 2.21. The number of para-hydroxylation sites is 1. The second-order valence-electron chi connectivity index (χ2n) is 3.80. The number of aromatic carboxylic acids is 1. The van der Waals surface area contributed by atoms with Gasteiger partial charge in [0, 0.05) is 6.04 Å². The van der Waals surface area contributed by atoms with Gasteiger partial charge in [-0.1, -0.05) is 19.4 Å². The zero-order valence-electron chi connectivity index (χ0n) is 9.46. The molecule has 1 rings (SSSR count). The monoisotopic (exact) mass is 225 g/mol. The van der Waals surface area contributed by atoms with Crippen LogP contribution in [0.4, 0.5) is 10.1 Å². The maximum atomic E-state index is 13.5. The van der Waals surface area contributed by atoms with Crippen LogP contribution in [0.25, 0.3) is 0 Å². The van der Waals surface area contributed by atoms with Gasteiger partial charge in [-0.2, -0.15) is 0 Å². The number of carboxylic acid groups (broad SMARTS) is 1. The molecule has 0 aliphatic carbocycles. The molecule has 0 spiro atoms. The van der Waals surface area contributed by atoms with Gasteiger partial charge in [0.25, 0.3) is 0 Å². The van der Waals surface area contributed by atoms with Crippen molar-refractivity contribution in [1.29, 1.82) is 0 Å². The van der Waals surface area contributed by atoms with Crippen molar-refractivity contribution >= 4 is 11.7 Å². The standard InChI is InChI=1S/C12H16FNO2/c1-3-5-8(2)14-11-9(12(15)16)6-4-7-10(11)13/h4,6-8,14H,3,5H2,1-2H3,(H,15,16). The quantitative estimate of drug-likeness (QED) is 0.809. The second-order valence-corrected chi connectivity index (χ2v) is 3.80. The molecule has 0 amide bonds. The maximum Gasteiger partial charge on any atom is 0.337 e. The predicted molar refractivity (Wildman–Crippen MR) is 61.4 cm³/mol. The van der Waals surface area contributed by atoms with Crippen molar-refractivity contribution in [2.45, 2.75) is 32.7 Å². The predicted octanol–water partition coefficient (Wildman–Crippen LogP) is 3.12. The smallest absolute Gasteiger partial charge is 0.337 e. The average molecular weight is 225 g/mol. The highest BCUT2D eigenvalue weighted by Gasteiger charge is 2.15. The summed E-state index contributed by atoms with van der Waals surface area (Å²) in [6.45, 7) is 3.93. The summed E-state index contributed by atoms with van der Waals surface area (Å²) in [6.07, 6.45) is 1.83. The first-order valence-corrected chi connectivity index (χ1v) is 5.34. The van der Waals surface area contributed by atoms with E-state index in [4.69, 9.17) is 5.11 Å². The highest BCUT2D eigenvalue weighted by molar-refractivity contribution is 5.94. The fourth-order valence-corrected chi connectivity index (χ4v) is 1.60. The number of nitrogens with one attached hydrogen (secondary N) is 1. The van der Waals surface area contributed by atoms with E-state index in [0.29, 0.717) is 0 Å². The molecule has 0 bridgehead atoms. The SMILES string of the molecule is CCCC(C)Nc1c(F)cccc1C(=O)O. The third-order valence-corrected chi connectivity index (χ3v) is 2.36. The number of hydrogen-bond donors (Lipinski definition) is 2. The van der Waals surface area contributed by atoms with Gasteiger partial charge in [0.1, 0.15) is 5.82 Å². The molecule has 1 atom stereocenters. The largest absolute Gasteiger partial charge is 0.478 e. The van der Waals surface area contributed by atoms with Gasteiger partial charge in [-0.05, 0) is 25.5 Å². The summed E-state index contributed by atoms with van der Waals surface area (Å²) < 4.78 is 13.5. The Kier molecular flexibility index (Phi) is 4.28. The van der Waals surface area contributed by atoms with Crippen molar-refractivity contribution in [2.75, 3.05) is 5.32 Å². The molecule has 0 saturated heterocycles. The lowest BCUT2D eigenvalue weighted by atomic mass is 10.1. The lowest BCUT2D eigenvalue weighted by Gasteiger charge is -2.16. The van der Waals surface area contributed by atoms with E-state index >= 15 is 0 Å². The Hall–Kier alpha value is -1.58. The maximum absolute atomic E-state index is 13.5. The Morgan fingerprint density at radius 3 is 2.81 bits per heavy atom. The van der Waals surface area contributed by atoms with Crippen LogP contribution in [0.5, 0.6) is 0 Å². The number of rotatable bonds is 5. The van der Waals surface area contributed by atoms with Gasteiger partial charge in [-0.3, -0.25) is 0 Å². The molecule has 2 N–H and O–H groups in total. The van der Waals surface area contributed by atoms with E-state index in [1.807, 2.05) is 13.8 Å². The molecular formula is C12H16FNO2. The summed E-state index contributed by atoms with van der Waals surface area (Å²) in [7, 11) is 0. The van der Waals surface area contributed by atoms with Crippen LogP contribution in [0.1, 0.15) is 37.0 Å². The molecule has 88 valence electrons. The van der Waals surface area contributed by atoms with Crippen molar-refractivity contribution in [2.24, 2.45) is 0 Å². The summed E-state index contributed by atoms with van der Waals surface area (Å²) in [5.74, 6) is -1.64. The molecule has 0 saturated carbocycles. The molecule has 4 heteroatoms. The Morgan fingerprint density at radius 2 is 2.25 bits per heavy atom. The second kappa shape index (κ2) is 5.49. The van der Waals surface area contributed by atoms with E-state index in [1.54, 1.807) is 0 Å². The Bertz CT molecular complexity index is 379. The van der Waals surface area contributed by atoms with Crippen molar-refractivity contribution in [3.8, 4) is 0 Å². The molecule has 3 nitrogen and oxygen atoms in total. The number of benzene rings is 1. The van der Waals surface area contributed by atoms with Crippen LogP contribution in [0.3, 0.4) is 0 Å². The fourth-order valence-electron chi connectivity index (χ4n) is 1.60. The number of carbonyl (C=O) groups is 1. The van der Waals surface area contributed by atoms with E-state index in [1.165, 1.54) is 18.2 Å². The highest BCUT2D eigenvalue weighted by atomic mass is 19.1. The first kappa shape index (κ1) is 12.5. The Labute approximate surface area is 94.3 Å². The minimum Gasteiger partial charge on any atom is -0.478 e. The molecule has 1 aromatic rings. The van der Waals surface area contributed by atoms with Crippen LogP contribution in [-0.4, -0.2) is 17.1 Å². The van der Waals surface area contributed by atoms with Crippen molar-refractivity contribution < 1.29 is 14.3 Å². The number of halogens is 1. The zero-order chi connectivity index (χ0) is 12.1. The van der Waals surface area contributed by atoms with Gasteiger partial charge in [0.05, 0.1) is 11.3 Å². The molecule has 0 heterocycles. The van der Waals surface area contributed by atoms with Gasteiger partial charge in [0.15, 0.2) is 0 Å². The summed E-state index contributed by atoms with van der Waals surface area (Å²) >= 11 is 0. The van der Waals surface area contributed by atoms with Crippen LogP contribution in [-0.2, 0) is 0 Å². The van der Waals surface area contributed by atoms with Crippen molar-refractivity contribution in [3.05, 3.63) is 29.6 Å². The van der Waals surface area contributed by atoms with Gasteiger partial charge < -0.3 is 10.4 Å². The Morgan fingerprint density at radius 1 is 1.56 bits per heavy atom. The van der Waals surface area contributed by atoms with E-state index < -0.39 is 11.8 Å². The molecule has 0 aliphatic heterocycles. The summed E-state index contributed by atoms with van der Waals surface area (Å²) in [5, 5.41) is 11.8. The molecule has 1 unspecified atom stereocenters. The first-order valence-electron chi connectivity index (χ1n) is 5.34. The van der Waals surface area contributed by atoms with Gasteiger partial charge in [0.2, 0.25) is 0 Å². The normalized spacial score (nSPS) is 12.2. The third-order valence-electron chi connectivity index (χ3n) is 2.36. The molecular weight excluding hydrogens is 209 g/mol. The van der Waals surface area contributed by atoms with Crippen molar-refractivity contribution in [1.82, 2.24) is 0 Å². The zero-order valence-corrected chi connectivity index (χ0v) is 9.46. The lowest BCUT2D eigenvalue weighted by Crippen LogP contribution is -2.18. The van der Waals surface area contributed by atoms with Gasteiger partial charge >= 0.3 is 5.97 Å². The van der Waals surface area contributed by atoms with Gasteiger partial charge in [-0.25, -0.2) is 9.18 Å². The van der Waals surface area contributed by atoms with E-state index in [2.05, 4.69) is 5.32 Å². The topological polar surface area (TPSA) is 49.3 Å². The van der Waals surface area contributed by atoms with Crippen LogP contribution < -0.4 is 5.32 Å². The fraction of sp³-hybridized carbons (Fsp3) is 0.417. The van der Waals surface area contributed by atoms with Crippen LogP contribution in [0, 0.1) is 5.82 Å². The average Bonchev–Trinajstić information content (AvgIpc) is 2.21. The Balaban J connectivity index is 2.97. The molecule has 0 radical (unpaired) electrons. The first-order chi connectivity index (χ1) is 7.56. The summed E-state index contributed by atoms with van der Waals surface area (Å²) in [6, 6.07) is 4.11. The van der Waals surface area contributed by atoms with Crippen molar-refractivity contribution in [3.63, 3.8) is 0 Å². The van der Waals surface area contributed by atoms with Gasteiger partial charge in [-0.15, -0.1) is 0 Å². The summed E-state index contributed by atoms with van der Waals surface area (Å²) in [5.41, 5.74) is 0.0545. The number of anilines is 1. The molecule has 16 heavy (non-hydrogen) atoms. The van der Waals surface area contributed by atoms with E-state index in [9.17, 15) is 9.18 Å². The molecule has 1 aromatic carbocycles. The number of hydrogen-bond acceptors (Lipinski definition) is 2. The minimum atomic E-state index is -1.12. The van der Waals surface area contributed by atoms with E-state index in [-0.39, 0.29) is 17.3 Å². The summed E-state index contributed by atoms with van der Waals surface area (Å²) in [4.78, 5) is 10.9. The van der Waals surface area contributed by atoms with E-state index in [0.717, 1.165) is 12.8 Å². The van der Waals surface area contributed by atoms with Crippen LogP contribution in [0.15, 0.2) is 18.2 Å². The molecule has 0 fully saturated rings. The molecule has 0 aromatic heterocycles. The lowest BCUT2D eigenvalue weighted by molar-refractivity contribution is 0.0697. The number of carboxylic acids is 1.